The molecule has 0 aliphatic carbocycles. The number of halogens is 1. The zero-order chi connectivity index (χ0) is 18.5. The van der Waals surface area contributed by atoms with Gasteiger partial charge in [0, 0.05) is 36.0 Å². The summed E-state index contributed by atoms with van der Waals surface area (Å²) in [5.41, 5.74) is 2.94. The average Bonchev–Trinajstić information content (AvgIpc) is 3.25. The Morgan fingerprint density at radius 2 is 2.23 bits per heavy atom. The van der Waals surface area contributed by atoms with Crippen LogP contribution in [0.15, 0.2) is 41.9 Å². The fourth-order valence-corrected chi connectivity index (χ4v) is 3.35. The van der Waals surface area contributed by atoms with Crippen molar-refractivity contribution >= 4 is 17.2 Å². The highest BCUT2D eigenvalue weighted by Gasteiger charge is 2.11. The molecule has 1 amide bonds. The molecule has 3 rings (SSSR count). The van der Waals surface area contributed by atoms with Crippen molar-refractivity contribution in [1.82, 2.24) is 15.1 Å². The van der Waals surface area contributed by atoms with E-state index in [1.165, 1.54) is 23.5 Å². The largest absolute Gasteiger partial charge is 0.489 e. The molecule has 2 aromatic heterocycles. The van der Waals surface area contributed by atoms with E-state index in [4.69, 9.17) is 4.74 Å². The number of ether oxygens (including phenoxy) is 1. The number of aromatic nitrogens is 2. The van der Waals surface area contributed by atoms with Gasteiger partial charge in [-0.25, -0.2) is 4.39 Å². The molecule has 136 valence electrons. The Morgan fingerprint density at radius 1 is 1.38 bits per heavy atom. The number of amides is 1. The molecule has 0 atom stereocenters. The van der Waals surface area contributed by atoms with Crippen LogP contribution in [0.5, 0.6) is 5.75 Å². The number of carbonyl (C=O) groups excluding carboxylic acids is 1. The lowest BCUT2D eigenvalue weighted by molar-refractivity contribution is 0.0955. The molecule has 0 fully saturated rings. The number of nitrogens with zero attached hydrogens (tertiary/aromatic N) is 2. The van der Waals surface area contributed by atoms with Crippen LogP contribution in [0.3, 0.4) is 0 Å². The van der Waals surface area contributed by atoms with Crippen LogP contribution in [0.2, 0.25) is 0 Å². The van der Waals surface area contributed by atoms with Crippen molar-refractivity contribution < 1.29 is 13.9 Å². The molecule has 0 unspecified atom stereocenters. The van der Waals surface area contributed by atoms with E-state index in [1.807, 2.05) is 23.9 Å². The lowest BCUT2D eigenvalue weighted by Crippen LogP contribution is -2.22. The summed E-state index contributed by atoms with van der Waals surface area (Å²) >= 11 is 1.36. The Morgan fingerprint density at radius 3 is 2.96 bits per heavy atom. The van der Waals surface area contributed by atoms with Crippen LogP contribution in [0.1, 0.15) is 33.4 Å². The molecule has 1 aromatic carbocycles. The van der Waals surface area contributed by atoms with Gasteiger partial charge in [-0.05, 0) is 37.4 Å². The Kier molecular flexibility index (Phi) is 5.68. The van der Waals surface area contributed by atoms with Crippen molar-refractivity contribution in [2.45, 2.75) is 33.5 Å². The molecule has 0 aliphatic heterocycles. The molecule has 7 heteroatoms. The molecule has 2 heterocycles. The number of carbonyl (C=O) groups is 1. The van der Waals surface area contributed by atoms with Gasteiger partial charge in [0.2, 0.25) is 0 Å². The van der Waals surface area contributed by atoms with Crippen LogP contribution >= 0.6 is 11.3 Å². The number of rotatable bonds is 7. The summed E-state index contributed by atoms with van der Waals surface area (Å²) in [5.74, 6) is -0.00385. The molecule has 0 spiro atoms. The summed E-state index contributed by atoms with van der Waals surface area (Å²) in [6.07, 6.45) is 1.78. The minimum atomic E-state index is -0.338. The van der Waals surface area contributed by atoms with E-state index in [9.17, 15) is 9.18 Å². The number of hydrogen-bond donors (Lipinski definition) is 1. The second kappa shape index (κ2) is 8.14. The van der Waals surface area contributed by atoms with Crippen LogP contribution in [0.25, 0.3) is 0 Å². The normalized spacial score (nSPS) is 10.7. The van der Waals surface area contributed by atoms with Gasteiger partial charge in [0.25, 0.3) is 5.91 Å². The van der Waals surface area contributed by atoms with E-state index in [-0.39, 0.29) is 18.3 Å². The van der Waals surface area contributed by atoms with Gasteiger partial charge in [0.05, 0.1) is 11.1 Å². The summed E-state index contributed by atoms with van der Waals surface area (Å²) in [5, 5.41) is 9.06. The van der Waals surface area contributed by atoms with Crippen LogP contribution in [-0.2, 0) is 19.7 Å². The number of aryl methyl sites for hydroxylation is 1. The number of thiophene rings is 1. The van der Waals surface area contributed by atoms with Crippen molar-refractivity contribution in [3.8, 4) is 5.75 Å². The minimum absolute atomic E-state index is 0.129. The quantitative estimate of drug-likeness (QED) is 0.683. The first kappa shape index (κ1) is 18.1. The van der Waals surface area contributed by atoms with Gasteiger partial charge in [-0.2, -0.15) is 5.10 Å². The van der Waals surface area contributed by atoms with E-state index < -0.39 is 0 Å². The van der Waals surface area contributed by atoms with Crippen molar-refractivity contribution in [2.24, 2.45) is 0 Å². The topological polar surface area (TPSA) is 56.2 Å². The number of hydrogen-bond acceptors (Lipinski definition) is 4. The minimum Gasteiger partial charge on any atom is -0.489 e. The van der Waals surface area contributed by atoms with Gasteiger partial charge in [0.15, 0.2) is 0 Å². The zero-order valence-corrected chi connectivity index (χ0v) is 15.5. The molecular formula is C19H20FN3O2S. The van der Waals surface area contributed by atoms with Crippen molar-refractivity contribution in [2.75, 3.05) is 0 Å². The predicted molar refractivity (Wildman–Crippen MR) is 98.9 cm³/mol. The van der Waals surface area contributed by atoms with Crippen molar-refractivity contribution in [3.05, 3.63) is 69.4 Å². The first-order valence-corrected chi connectivity index (χ1v) is 9.20. The Labute approximate surface area is 155 Å². The average molecular weight is 373 g/mol. The number of benzene rings is 1. The molecule has 3 aromatic rings. The van der Waals surface area contributed by atoms with Gasteiger partial charge in [-0.15, -0.1) is 11.3 Å². The molecule has 0 saturated carbocycles. The van der Waals surface area contributed by atoms with E-state index in [1.54, 1.807) is 24.4 Å². The molecule has 0 bridgehead atoms. The van der Waals surface area contributed by atoms with Gasteiger partial charge in [-0.1, -0.05) is 6.07 Å². The molecule has 0 saturated heterocycles. The summed E-state index contributed by atoms with van der Waals surface area (Å²) in [4.78, 5) is 12.9. The maximum absolute atomic E-state index is 13.1. The number of nitrogens with one attached hydrogen (secondary N) is 1. The fraction of sp³-hybridized carbons (Fsp3) is 0.263. The maximum atomic E-state index is 13.1. The molecule has 5 nitrogen and oxygen atoms in total. The van der Waals surface area contributed by atoms with Crippen molar-refractivity contribution in [1.29, 1.82) is 0 Å². The summed E-state index contributed by atoms with van der Waals surface area (Å²) in [6, 6.07) is 7.79. The molecule has 0 radical (unpaired) electrons. The fourth-order valence-electron chi connectivity index (χ4n) is 2.53. The van der Waals surface area contributed by atoms with E-state index in [2.05, 4.69) is 10.4 Å². The van der Waals surface area contributed by atoms with Gasteiger partial charge >= 0.3 is 0 Å². The van der Waals surface area contributed by atoms with Gasteiger partial charge in [-0.3, -0.25) is 9.48 Å². The lowest BCUT2D eigenvalue weighted by atomic mass is 10.2. The Hall–Kier alpha value is -2.67. The Balaban J connectivity index is 1.55. The SMILES string of the molecule is CCn1ncc(CNC(=O)c2cc(COc3cccc(F)c3)cs2)c1C. The third-order valence-corrected chi connectivity index (χ3v) is 5.00. The first-order valence-electron chi connectivity index (χ1n) is 8.32. The zero-order valence-electron chi connectivity index (χ0n) is 14.7. The highest BCUT2D eigenvalue weighted by Crippen LogP contribution is 2.19. The highest BCUT2D eigenvalue weighted by atomic mass is 32.1. The maximum Gasteiger partial charge on any atom is 0.261 e. The lowest BCUT2D eigenvalue weighted by Gasteiger charge is -2.05. The molecule has 26 heavy (non-hydrogen) atoms. The van der Waals surface area contributed by atoms with Gasteiger partial charge in [0.1, 0.15) is 18.2 Å². The second-order valence-corrected chi connectivity index (χ2v) is 6.73. The van der Waals surface area contributed by atoms with Crippen LogP contribution in [-0.4, -0.2) is 15.7 Å². The van der Waals surface area contributed by atoms with Crippen LogP contribution in [0, 0.1) is 12.7 Å². The van der Waals surface area contributed by atoms with Crippen molar-refractivity contribution in [3.63, 3.8) is 0 Å². The summed E-state index contributed by atoms with van der Waals surface area (Å²) < 4.78 is 20.6. The van der Waals surface area contributed by atoms with Gasteiger partial charge < -0.3 is 10.1 Å². The van der Waals surface area contributed by atoms with E-state index >= 15 is 0 Å². The standard InChI is InChI=1S/C19H20FN3O2S/c1-3-23-13(2)15(10-22-23)9-21-19(24)18-7-14(12-26-18)11-25-17-6-4-5-16(20)8-17/h4-8,10,12H,3,9,11H2,1-2H3,(H,21,24). The highest BCUT2D eigenvalue weighted by molar-refractivity contribution is 7.12. The third kappa shape index (κ3) is 4.29. The molecule has 0 aliphatic rings. The smallest absolute Gasteiger partial charge is 0.261 e. The molecule has 1 N–H and O–H groups in total. The summed E-state index contributed by atoms with van der Waals surface area (Å²) in [7, 11) is 0. The second-order valence-electron chi connectivity index (χ2n) is 5.82. The third-order valence-electron chi connectivity index (χ3n) is 4.02. The van der Waals surface area contributed by atoms with E-state index in [0.717, 1.165) is 23.4 Å². The van der Waals surface area contributed by atoms with E-state index in [0.29, 0.717) is 17.2 Å². The first-order chi connectivity index (χ1) is 12.6. The molecular weight excluding hydrogens is 353 g/mol. The monoisotopic (exact) mass is 373 g/mol. The Bertz CT molecular complexity index is 904. The van der Waals surface area contributed by atoms with Crippen LogP contribution in [0.4, 0.5) is 4.39 Å². The van der Waals surface area contributed by atoms with Crippen LogP contribution < -0.4 is 10.1 Å². The predicted octanol–water partition coefficient (Wildman–Crippen LogP) is 3.92. The summed E-state index contributed by atoms with van der Waals surface area (Å²) in [6.45, 7) is 5.55.